The SMILES string of the molecule is Cc1nnc([C@H]2COCCN2C(=O)c2ccc(OCC3CC3)cc2)o1. The van der Waals surface area contributed by atoms with Gasteiger partial charge in [0.2, 0.25) is 11.8 Å². The fourth-order valence-electron chi connectivity index (χ4n) is 2.86. The molecule has 7 nitrogen and oxygen atoms in total. The number of amides is 1. The first-order chi connectivity index (χ1) is 12.2. The number of carbonyl (C=O) groups is 1. The van der Waals surface area contributed by atoms with E-state index in [1.807, 2.05) is 12.1 Å². The van der Waals surface area contributed by atoms with Crippen molar-refractivity contribution in [1.29, 1.82) is 0 Å². The van der Waals surface area contributed by atoms with Crippen LogP contribution in [-0.4, -0.2) is 47.4 Å². The molecular weight excluding hydrogens is 322 g/mol. The van der Waals surface area contributed by atoms with E-state index in [1.165, 1.54) is 12.8 Å². The predicted molar refractivity (Wildman–Crippen MR) is 88.3 cm³/mol. The van der Waals surface area contributed by atoms with Gasteiger partial charge in [-0.15, -0.1) is 10.2 Å². The van der Waals surface area contributed by atoms with Crippen LogP contribution < -0.4 is 4.74 Å². The van der Waals surface area contributed by atoms with E-state index >= 15 is 0 Å². The van der Waals surface area contributed by atoms with Crippen molar-refractivity contribution in [1.82, 2.24) is 15.1 Å². The molecule has 1 saturated carbocycles. The maximum absolute atomic E-state index is 12.9. The summed E-state index contributed by atoms with van der Waals surface area (Å²) in [5.74, 6) is 2.32. The van der Waals surface area contributed by atoms with Crippen LogP contribution in [0.3, 0.4) is 0 Å². The first-order valence-corrected chi connectivity index (χ1v) is 8.62. The van der Waals surface area contributed by atoms with Crippen LogP contribution in [0.4, 0.5) is 0 Å². The number of carbonyl (C=O) groups excluding carboxylic acids is 1. The summed E-state index contributed by atoms with van der Waals surface area (Å²) in [4.78, 5) is 14.7. The van der Waals surface area contributed by atoms with Gasteiger partial charge >= 0.3 is 0 Å². The fraction of sp³-hybridized carbons (Fsp3) is 0.500. The summed E-state index contributed by atoms with van der Waals surface area (Å²) in [6.07, 6.45) is 2.51. The number of rotatable bonds is 5. The molecule has 2 fully saturated rings. The Bertz CT molecular complexity index is 739. The highest BCUT2D eigenvalue weighted by Crippen LogP contribution is 2.30. The first kappa shape index (κ1) is 16.1. The Balaban J connectivity index is 1.47. The van der Waals surface area contributed by atoms with Crippen LogP contribution in [0.1, 0.15) is 41.0 Å². The van der Waals surface area contributed by atoms with Gasteiger partial charge in [0.1, 0.15) is 11.8 Å². The number of ether oxygens (including phenoxy) is 2. The summed E-state index contributed by atoms with van der Waals surface area (Å²) in [6.45, 7) is 3.83. The third kappa shape index (κ3) is 3.66. The Morgan fingerprint density at radius 3 is 2.76 bits per heavy atom. The Kier molecular flexibility index (Phi) is 4.40. The molecular formula is C18H21N3O4. The van der Waals surface area contributed by atoms with Crippen LogP contribution in [0, 0.1) is 12.8 Å². The van der Waals surface area contributed by atoms with Crippen molar-refractivity contribution in [2.45, 2.75) is 25.8 Å². The lowest BCUT2D eigenvalue weighted by molar-refractivity contribution is -0.0106. The van der Waals surface area contributed by atoms with Gasteiger partial charge in [-0.2, -0.15) is 0 Å². The average Bonchev–Trinajstić information content (AvgIpc) is 3.39. The zero-order valence-corrected chi connectivity index (χ0v) is 14.2. The van der Waals surface area contributed by atoms with Crippen molar-refractivity contribution in [3.8, 4) is 5.75 Å². The molecule has 1 amide bonds. The first-order valence-electron chi connectivity index (χ1n) is 8.62. The third-order valence-electron chi connectivity index (χ3n) is 4.50. The van der Waals surface area contributed by atoms with Crippen LogP contribution in [0.5, 0.6) is 5.75 Å². The minimum Gasteiger partial charge on any atom is -0.493 e. The zero-order chi connectivity index (χ0) is 17.2. The highest BCUT2D eigenvalue weighted by Gasteiger charge is 2.33. The maximum Gasteiger partial charge on any atom is 0.254 e. The van der Waals surface area contributed by atoms with E-state index in [4.69, 9.17) is 13.9 Å². The minimum atomic E-state index is -0.353. The molecule has 1 saturated heterocycles. The molecule has 7 heteroatoms. The second kappa shape index (κ2) is 6.84. The second-order valence-corrected chi connectivity index (χ2v) is 6.53. The molecule has 4 rings (SSSR count). The lowest BCUT2D eigenvalue weighted by Gasteiger charge is -2.33. The topological polar surface area (TPSA) is 77.7 Å². The molecule has 0 bridgehead atoms. The van der Waals surface area contributed by atoms with E-state index in [-0.39, 0.29) is 11.9 Å². The van der Waals surface area contributed by atoms with Crippen LogP contribution in [-0.2, 0) is 4.74 Å². The summed E-state index contributed by atoms with van der Waals surface area (Å²) < 4.78 is 16.7. The van der Waals surface area contributed by atoms with Crippen LogP contribution in [0.25, 0.3) is 0 Å². The van der Waals surface area contributed by atoms with E-state index in [9.17, 15) is 4.79 Å². The summed E-state index contributed by atoms with van der Waals surface area (Å²) in [5.41, 5.74) is 0.613. The molecule has 25 heavy (non-hydrogen) atoms. The van der Waals surface area contributed by atoms with Gasteiger partial charge in [-0.05, 0) is 43.0 Å². The molecule has 2 aromatic rings. The number of aromatic nitrogens is 2. The molecule has 2 aliphatic rings. The molecule has 0 unspecified atom stereocenters. The predicted octanol–water partition coefficient (Wildman–Crippen LogP) is 2.38. The van der Waals surface area contributed by atoms with Crippen LogP contribution in [0.2, 0.25) is 0 Å². The highest BCUT2D eigenvalue weighted by atomic mass is 16.5. The van der Waals surface area contributed by atoms with Gasteiger partial charge in [0.15, 0.2) is 0 Å². The van der Waals surface area contributed by atoms with E-state index in [0.717, 1.165) is 12.4 Å². The Labute approximate surface area is 145 Å². The monoisotopic (exact) mass is 343 g/mol. The smallest absolute Gasteiger partial charge is 0.254 e. The van der Waals surface area contributed by atoms with Gasteiger partial charge < -0.3 is 18.8 Å². The molecule has 0 radical (unpaired) electrons. The number of benzene rings is 1. The lowest BCUT2D eigenvalue weighted by atomic mass is 10.1. The van der Waals surface area contributed by atoms with Gasteiger partial charge in [0.25, 0.3) is 5.91 Å². The van der Waals surface area contributed by atoms with Gasteiger partial charge in [-0.1, -0.05) is 0 Å². The van der Waals surface area contributed by atoms with E-state index in [0.29, 0.717) is 43.0 Å². The van der Waals surface area contributed by atoms with Crippen molar-refractivity contribution in [2.24, 2.45) is 5.92 Å². The lowest BCUT2D eigenvalue weighted by Crippen LogP contribution is -2.43. The van der Waals surface area contributed by atoms with Crippen molar-refractivity contribution >= 4 is 5.91 Å². The molecule has 1 aliphatic heterocycles. The standard InChI is InChI=1S/C18H21N3O4/c1-12-19-20-17(25-12)16-11-23-9-8-21(16)18(22)14-4-6-15(7-5-14)24-10-13-2-3-13/h4-7,13,16H,2-3,8-11H2,1H3/t16-/m1/s1. The Hall–Kier alpha value is -2.41. The molecule has 1 aliphatic carbocycles. The fourth-order valence-corrected chi connectivity index (χ4v) is 2.86. The third-order valence-corrected chi connectivity index (χ3v) is 4.50. The molecule has 2 heterocycles. The number of morpholine rings is 1. The Morgan fingerprint density at radius 1 is 1.28 bits per heavy atom. The normalized spacial score (nSPS) is 20.5. The number of aryl methyl sites for hydroxylation is 1. The summed E-state index contributed by atoms with van der Waals surface area (Å²) in [7, 11) is 0. The average molecular weight is 343 g/mol. The summed E-state index contributed by atoms with van der Waals surface area (Å²) >= 11 is 0. The molecule has 1 atom stereocenters. The Morgan fingerprint density at radius 2 is 2.08 bits per heavy atom. The van der Waals surface area contributed by atoms with Crippen LogP contribution in [0.15, 0.2) is 28.7 Å². The number of hydrogen-bond acceptors (Lipinski definition) is 6. The van der Waals surface area contributed by atoms with Gasteiger partial charge in [0, 0.05) is 19.0 Å². The zero-order valence-electron chi connectivity index (χ0n) is 14.2. The van der Waals surface area contributed by atoms with Crippen molar-refractivity contribution in [3.05, 3.63) is 41.6 Å². The van der Waals surface area contributed by atoms with Gasteiger partial charge in [-0.25, -0.2) is 0 Å². The van der Waals surface area contributed by atoms with Crippen molar-refractivity contribution in [2.75, 3.05) is 26.4 Å². The molecule has 132 valence electrons. The van der Waals surface area contributed by atoms with Crippen molar-refractivity contribution in [3.63, 3.8) is 0 Å². The summed E-state index contributed by atoms with van der Waals surface area (Å²) in [6, 6.07) is 6.95. The minimum absolute atomic E-state index is 0.0714. The van der Waals surface area contributed by atoms with E-state index in [2.05, 4.69) is 10.2 Å². The molecule has 0 spiro atoms. The largest absolute Gasteiger partial charge is 0.493 e. The maximum atomic E-state index is 12.9. The highest BCUT2D eigenvalue weighted by molar-refractivity contribution is 5.94. The number of nitrogens with zero attached hydrogens (tertiary/aromatic N) is 3. The molecule has 0 N–H and O–H groups in total. The van der Waals surface area contributed by atoms with Crippen LogP contribution >= 0.6 is 0 Å². The van der Waals surface area contributed by atoms with Gasteiger partial charge in [-0.3, -0.25) is 4.79 Å². The second-order valence-electron chi connectivity index (χ2n) is 6.53. The summed E-state index contributed by atoms with van der Waals surface area (Å²) in [5, 5.41) is 7.90. The molecule has 1 aromatic heterocycles. The molecule has 1 aromatic carbocycles. The van der Waals surface area contributed by atoms with E-state index < -0.39 is 0 Å². The number of hydrogen-bond donors (Lipinski definition) is 0. The van der Waals surface area contributed by atoms with Gasteiger partial charge in [0.05, 0.1) is 19.8 Å². The quantitative estimate of drug-likeness (QED) is 0.829. The van der Waals surface area contributed by atoms with E-state index in [1.54, 1.807) is 24.0 Å². The van der Waals surface area contributed by atoms with Crippen molar-refractivity contribution < 1.29 is 18.7 Å².